The highest BCUT2D eigenvalue weighted by Gasteiger charge is 2.32. The lowest BCUT2D eigenvalue weighted by Crippen LogP contribution is -2.44. The number of rotatable bonds is 3. The van der Waals surface area contributed by atoms with Gasteiger partial charge in [-0.3, -0.25) is 9.69 Å². The van der Waals surface area contributed by atoms with Crippen molar-refractivity contribution in [3.8, 4) is 17.1 Å². The highest BCUT2D eigenvalue weighted by atomic mass is 35.5. The fraction of sp³-hybridized carbons (Fsp3) is 0.167. The van der Waals surface area contributed by atoms with E-state index in [1.54, 1.807) is 24.0 Å². The van der Waals surface area contributed by atoms with Gasteiger partial charge < -0.3 is 9.26 Å². The normalized spacial score (nSPS) is 16.3. The first kappa shape index (κ1) is 16.5. The number of ether oxygens (including phenoxy) is 1. The molecule has 26 heavy (non-hydrogen) atoms. The molecule has 3 aromatic rings. The maximum Gasteiger partial charge on any atom is 0.268 e. The smallest absolute Gasteiger partial charge is 0.268 e. The van der Waals surface area contributed by atoms with E-state index in [1.165, 1.54) is 18.2 Å². The van der Waals surface area contributed by atoms with E-state index in [9.17, 15) is 9.18 Å². The van der Waals surface area contributed by atoms with Crippen molar-refractivity contribution in [3.05, 3.63) is 59.2 Å². The summed E-state index contributed by atoms with van der Waals surface area (Å²) in [4.78, 5) is 18.3. The van der Waals surface area contributed by atoms with Crippen LogP contribution >= 0.6 is 11.6 Å². The van der Waals surface area contributed by atoms with Crippen LogP contribution in [0.1, 0.15) is 12.8 Å². The van der Waals surface area contributed by atoms with Crippen LogP contribution in [0, 0.1) is 5.82 Å². The third-order valence-electron chi connectivity index (χ3n) is 4.01. The van der Waals surface area contributed by atoms with Gasteiger partial charge in [0.2, 0.25) is 11.7 Å². The van der Waals surface area contributed by atoms with Crippen LogP contribution in [0.15, 0.2) is 47.0 Å². The zero-order valence-corrected chi connectivity index (χ0v) is 14.4. The average Bonchev–Trinajstić information content (AvgIpc) is 3.10. The largest absolute Gasteiger partial charge is 0.479 e. The minimum Gasteiger partial charge on any atom is -0.479 e. The number of aromatic nitrogens is 2. The summed E-state index contributed by atoms with van der Waals surface area (Å²) in [5, 5.41) is 3.86. The third-order valence-corrected chi connectivity index (χ3v) is 4.30. The lowest BCUT2D eigenvalue weighted by molar-refractivity contribution is -0.125. The molecular weight excluding hydrogens is 361 g/mol. The van der Waals surface area contributed by atoms with Crippen molar-refractivity contribution in [2.24, 2.45) is 0 Å². The summed E-state index contributed by atoms with van der Waals surface area (Å²) in [6.45, 7) is 1.79. The van der Waals surface area contributed by atoms with Crippen LogP contribution in [0.2, 0.25) is 5.02 Å². The Bertz CT molecular complexity index is 991. The number of hydrogen-bond acceptors (Lipinski definition) is 5. The van der Waals surface area contributed by atoms with Crippen LogP contribution in [0.25, 0.3) is 11.4 Å². The van der Waals surface area contributed by atoms with Crippen molar-refractivity contribution in [1.82, 2.24) is 10.1 Å². The van der Waals surface area contributed by atoms with E-state index in [-0.39, 0.29) is 29.2 Å². The lowest BCUT2D eigenvalue weighted by Gasteiger charge is -2.31. The molecule has 1 amide bonds. The van der Waals surface area contributed by atoms with Crippen molar-refractivity contribution >= 4 is 23.2 Å². The molecule has 0 fully saturated rings. The molecule has 0 saturated carbocycles. The molecule has 0 spiro atoms. The number of para-hydroxylation sites is 2. The molecule has 2 heterocycles. The molecule has 8 heteroatoms. The van der Waals surface area contributed by atoms with E-state index in [0.29, 0.717) is 17.0 Å². The minimum atomic E-state index is -0.608. The number of amides is 1. The fourth-order valence-electron chi connectivity index (χ4n) is 2.73. The Morgan fingerprint density at radius 2 is 2.08 bits per heavy atom. The molecule has 132 valence electrons. The van der Waals surface area contributed by atoms with Gasteiger partial charge >= 0.3 is 0 Å². The van der Waals surface area contributed by atoms with Gasteiger partial charge in [-0.05, 0) is 37.3 Å². The molecule has 2 aromatic carbocycles. The predicted octanol–water partition coefficient (Wildman–Crippen LogP) is 3.84. The van der Waals surface area contributed by atoms with Gasteiger partial charge in [-0.25, -0.2) is 4.39 Å². The van der Waals surface area contributed by atoms with Crippen LogP contribution < -0.4 is 9.64 Å². The summed E-state index contributed by atoms with van der Waals surface area (Å²) in [7, 11) is 0. The zero-order chi connectivity index (χ0) is 18.3. The van der Waals surface area contributed by atoms with Gasteiger partial charge in [0.25, 0.3) is 5.91 Å². The molecule has 0 aliphatic carbocycles. The van der Waals surface area contributed by atoms with Crippen molar-refractivity contribution in [2.45, 2.75) is 19.6 Å². The predicted molar refractivity (Wildman–Crippen MR) is 92.4 cm³/mol. The van der Waals surface area contributed by atoms with Gasteiger partial charge in [-0.15, -0.1) is 0 Å². The molecule has 0 bridgehead atoms. The first-order valence-corrected chi connectivity index (χ1v) is 8.26. The third kappa shape index (κ3) is 2.90. The maximum absolute atomic E-state index is 13.3. The van der Waals surface area contributed by atoms with Gasteiger partial charge in [-0.2, -0.15) is 4.98 Å². The van der Waals surface area contributed by atoms with E-state index in [1.807, 2.05) is 12.1 Å². The number of benzene rings is 2. The quantitative estimate of drug-likeness (QED) is 0.697. The van der Waals surface area contributed by atoms with Gasteiger partial charge in [0, 0.05) is 5.56 Å². The molecular formula is C18H13ClFN3O3. The Hall–Kier alpha value is -2.93. The first-order valence-electron chi connectivity index (χ1n) is 7.88. The first-order chi connectivity index (χ1) is 12.5. The molecule has 0 saturated heterocycles. The topological polar surface area (TPSA) is 68.5 Å². The second kappa shape index (κ2) is 6.42. The second-order valence-electron chi connectivity index (χ2n) is 5.79. The Kier molecular flexibility index (Phi) is 4.08. The second-order valence-corrected chi connectivity index (χ2v) is 6.20. The van der Waals surface area contributed by atoms with E-state index in [4.69, 9.17) is 20.9 Å². The molecule has 0 N–H and O–H groups in total. The number of carbonyl (C=O) groups excluding carboxylic acids is 1. The van der Waals surface area contributed by atoms with E-state index in [0.717, 1.165) is 0 Å². The van der Waals surface area contributed by atoms with E-state index in [2.05, 4.69) is 10.1 Å². The summed E-state index contributed by atoms with van der Waals surface area (Å²) in [6, 6.07) is 11.4. The Morgan fingerprint density at radius 3 is 2.88 bits per heavy atom. The van der Waals surface area contributed by atoms with Crippen LogP contribution in [0.5, 0.6) is 5.75 Å². The summed E-state index contributed by atoms with van der Waals surface area (Å²) in [5.74, 6) is 0.406. The van der Waals surface area contributed by atoms with Gasteiger partial charge in [0.15, 0.2) is 6.10 Å². The maximum atomic E-state index is 13.3. The number of hydrogen-bond donors (Lipinski definition) is 0. The molecule has 4 rings (SSSR count). The van der Waals surface area contributed by atoms with Crippen LogP contribution in [-0.2, 0) is 11.3 Å². The van der Waals surface area contributed by atoms with Gasteiger partial charge in [0.05, 0.1) is 10.7 Å². The highest BCUT2D eigenvalue weighted by molar-refractivity contribution is 6.31. The van der Waals surface area contributed by atoms with Crippen molar-refractivity contribution in [2.75, 3.05) is 4.90 Å². The highest BCUT2D eigenvalue weighted by Crippen LogP contribution is 2.34. The molecule has 1 atom stereocenters. The van der Waals surface area contributed by atoms with Gasteiger partial charge in [0.1, 0.15) is 18.1 Å². The van der Waals surface area contributed by atoms with E-state index >= 15 is 0 Å². The fourth-order valence-corrected chi connectivity index (χ4v) is 2.91. The molecule has 1 aliphatic heterocycles. The Labute approximate surface area is 153 Å². The summed E-state index contributed by atoms with van der Waals surface area (Å²) < 4.78 is 24.2. The number of halogens is 2. The number of carbonyl (C=O) groups is 1. The summed E-state index contributed by atoms with van der Waals surface area (Å²) in [5.41, 5.74) is 1.16. The van der Waals surface area contributed by atoms with E-state index < -0.39 is 11.9 Å². The minimum absolute atomic E-state index is 0.0278. The molecule has 0 unspecified atom stereocenters. The van der Waals surface area contributed by atoms with Crippen LogP contribution in [-0.4, -0.2) is 22.2 Å². The van der Waals surface area contributed by atoms with Crippen molar-refractivity contribution < 1.29 is 18.4 Å². The monoisotopic (exact) mass is 373 g/mol. The number of fused-ring (bicyclic) bond motifs is 1. The summed E-state index contributed by atoms with van der Waals surface area (Å²) in [6.07, 6.45) is -0.608. The summed E-state index contributed by atoms with van der Waals surface area (Å²) >= 11 is 5.79. The zero-order valence-electron chi connectivity index (χ0n) is 13.6. The molecule has 1 aliphatic rings. The van der Waals surface area contributed by atoms with Gasteiger partial charge in [-0.1, -0.05) is 28.9 Å². The molecule has 0 radical (unpaired) electrons. The number of nitrogens with zero attached hydrogens (tertiary/aromatic N) is 3. The molecule has 1 aromatic heterocycles. The average molecular weight is 374 g/mol. The van der Waals surface area contributed by atoms with Crippen LogP contribution in [0.3, 0.4) is 0 Å². The Morgan fingerprint density at radius 1 is 1.27 bits per heavy atom. The van der Waals surface area contributed by atoms with Crippen molar-refractivity contribution in [3.63, 3.8) is 0 Å². The van der Waals surface area contributed by atoms with Crippen LogP contribution in [0.4, 0.5) is 10.1 Å². The van der Waals surface area contributed by atoms with Crippen molar-refractivity contribution in [1.29, 1.82) is 0 Å². The SMILES string of the molecule is C[C@H]1Oc2ccccc2N(Cc2nc(-c3ccc(F)c(Cl)c3)no2)C1=O. The molecule has 6 nitrogen and oxygen atoms in total. The lowest BCUT2D eigenvalue weighted by atomic mass is 10.2. The Balaban J connectivity index is 1.63. The number of anilines is 1. The standard InChI is InChI=1S/C18H13ClFN3O3/c1-10-18(24)23(14-4-2-3-5-15(14)25-10)9-16-21-17(22-26-16)11-6-7-13(20)12(19)8-11/h2-8,10H,9H2,1H3/t10-/m1/s1.